The van der Waals surface area contributed by atoms with Gasteiger partial charge in [-0.15, -0.1) is 0 Å². The van der Waals surface area contributed by atoms with Crippen LogP contribution in [0.4, 0.5) is 15.6 Å². The Bertz CT molecular complexity index is 1310. The molecular weight excluding hydrogens is 464 g/mol. The van der Waals surface area contributed by atoms with Crippen LogP contribution in [0.2, 0.25) is 0 Å². The second-order valence-corrected chi connectivity index (χ2v) is 9.29. The molecule has 1 heterocycles. The van der Waals surface area contributed by atoms with Crippen molar-refractivity contribution in [1.82, 2.24) is 4.98 Å². The van der Waals surface area contributed by atoms with E-state index in [4.69, 9.17) is 19.7 Å². The number of carbonyl (C=O) groups is 2. The van der Waals surface area contributed by atoms with Crippen LogP contribution in [0.25, 0.3) is 21.3 Å². The Morgan fingerprint density at radius 3 is 2.14 bits per heavy atom. The summed E-state index contributed by atoms with van der Waals surface area (Å²) in [5, 5.41) is 18.2. The first-order valence-corrected chi connectivity index (χ1v) is 12.1. The van der Waals surface area contributed by atoms with E-state index in [0.717, 1.165) is 56.3 Å². The summed E-state index contributed by atoms with van der Waals surface area (Å²) in [5.74, 6) is 1.33. The van der Waals surface area contributed by atoms with Gasteiger partial charge in [0.1, 0.15) is 5.75 Å². The number of rotatable bonds is 6. The number of aromatic nitrogens is 1. The van der Waals surface area contributed by atoms with Gasteiger partial charge in [0, 0.05) is 23.2 Å². The molecule has 1 saturated carbocycles. The zero-order chi connectivity index (χ0) is 24.8. The quantitative estimate of drug-likeness (QED) is 0.243. The highest BCUT2D eigenvalue weighted by molar-refractivity contribution is 7.22. The Morgan fingerprint density at radius 1 is 0.943 bits per heavy atom. The van der Waals surface area contributed by atoms with Gasteiger partial charge in [-0.25, -0.2) is 9.78 Å². The maximum Gasteiger partial charge on any atom is 0.503 e. The third-order valence-corrected chi connectivity index (χ3v) is 6.91. The van der Waals surface area contributed by atoms with Crippen LogP contribution in [0.5, 0.6) is 5.75 Å². The Hall–Kier alpha value is -3.91. The number of fused-ring (bicyclic) bond motifs is 1. The molecule has 0 radical (unpaired) electrons. The van der Waals surface area contributed by atoms with Gasteiger partial charge < -0.3 is 20.3 Å². The highest BCUT2D eigenvalue weighted by Crippen LogP contribution is 2.32. The maximum absolute atomic E-state index is 12.6. The first-order chi connectivity index (χ1) is 16.9. The number of methoxy groups -OCH3 is 1. The van der Waals surface area contributed by atoms with E-state index < -0.39 is 6.16 Å². The zero-order valence-corrected chi connectivity index (χ0v) is 20.0. The number of benzene rings is 3. The van der Waals surface area contributed by atoms with Crippen molar-refractivity contribution in [2.45, 2.75) is 25.7 Å². The predicted molar refractivity (Wildman–Crippen MR) is 138 cm³/mol. The number of ketones is 1. The van der Waals surface area contributed by atoms with Crippen LogP contribution in [0, 0.1) is 5.92 Å². The molecule has 3 N–H and O–H groups in total. The minimum absolute atomic E-state index is 0.222. The molecule has 1 aliphatic rings. The van der Waals surface area contributed by atoms with Crippen LogP contribution in [-0.2, 0) is 0 Å². The molecule has 5 rings (SSSR count). The van der Waals surface area contributed by atoms with Crippen molar-refractivity contribution >= 4 is 44.3 Å². The minimum atomic E-state index is -1.83. The summed E-state index contributed by atoms with van der Waals surface area (Å²) in [6.45, 7) is 0. The average Bonchev–Trinajstić information content (AvgIpc) is 3.53. The summed E-state index contributed by atoms with van der Waals surface area (Å²) in [5.41, 5.74) is 4.99. The van der Waals surface area contributed by atoms with Gasteiger partial charge in [-0.1, -0.05) is 60.6 Å². The summed E-state index contributed by atoms with van der Waals surface area (Å²) in [4.78, 5) is 25.8. The monoisotopic (exact) mass is 490 g/mol. The number of nitrogens with one attached hydrogen (secondary N) is 1. The third kappa shape index (κ3) is 6.16. The van der Waals surface area contributed by atoms with E-state index >= 15 is 0 Å². The van der Waals surface area contributed by atoms with E-state index in [0.29, 0.717) is 5.78 Å². The van der Waals surface area contributed by atoms with Crippen molar-refractivity contribution in [1.29, 1.82) is 0 Å². The van der Waals surface area contributed by atoms with Gasteiger partial charge in [-0.2, -0.15) is 0 Å². The van der Waals surface area contributed by atoms with Crippen molar-refractivity contribution in [3.63, 3.8) is 0 Å². The molecule has 180 valence electrons. The number of ether oxygens (including phenoxy) is 1. The number of thiazole rings is 1. The largest absolute Gasteiger partial charge is 0.503 e. The second-order valence-electron chi connectivity index (χ2n) is 8.26. The smallest absolute Gasteiger partial charge is 0.497 e. The topological polar surface area (TPSA) is 109 Å². The molecule has 3 aromatic carbocycles. The normalized spacial score (nSPS) is 13.2. The van der Waals surface area contributed by atoms with Gasteiger partial charge in [-0.3, -0.25) is 4.79 Å². The Morgan fingerprint density at radius 2 is 1.54 bits per heavy atom. The van der Waals surface area contributed by atoms with Crippen LogP contribution in [0.15, 0.2) is 66.7 Å². The second kappa shape index (κ2) is 11.0. The van der Waals surface area contributed by atoms with Crippen LogP contribution in [-0.4, -0.2) is 34.2 Å². The van der Waals surface area contributed by atoms with Gasteiger partial charge in [0.2, 0.25) is 0 Å². The molecule has 0 bridgehead atoms. The molecule has 0 atom stereocenters. The van der Waals surface area contributed by atoms with Crippen LogP contribution in [0.3, 0.4) is 0 Å². The zero-order valence-electron chi connectivity index (χ0n) is 19.2. The van der Waals surface area contributed by atoms with E-state index in [1.54, 1.807) is 18.4 Å². The van der Waals surface area contributed by atoms with Crippen molar-refractivity contribution in [3.05, 3.63) is 72.3 Å². The predicted octanol–water partition coefficient (Wildman–Crippen LogP) is 7.31. The highest BCUT2D eigenvalue weighted by Gasteiger charge is 2.23. The summed E-state index contributed by atoms with van der Waals surface area (Å²) in [7, 11) is 1.66. The van der Waals surface area contributed by atoms with E-state index in [1.165, 1.54) is 12.8 Å². The van der Waals surface area contributed by atoms with Crippen molar-refractivity contribution < 1.29 is 24.5 Å². The van der Waals surface area contributed by atoms with Gasteiger partial charge in [0.15, 0.2) is 10.9 Å². The number of carbonyl (C=O) groups excluding carboxylic acids is 1. The molecule has 8 heteroatoms. The SMILES string of the molecule is COc1ccc2sc(Nc3ccc(-c4ccc(C(=O)C5CCCC5)cc4)cc3)nc2c1.O=C(O)O. The standard InChI is InChI=1S/C26H24N2O2S.CH2O3/c1-30-22-14-15-24-23(16-22)28-26(31-24)27-21-12-10-18(11-13-21)17-6-8-20(9-7-17)25(29)19-4-2-3-5-19;2-1(3)4/h6-16,19H,2-5H2,1H3,(H,27,28);(H2,2,3,4). The van der Waals surface area contributed by atoms with Crippen LogP contribution >= 0.6 is 11.3 Å². The Labute approximate surface area is 207 Å². The third-order valence-electron chi connectivity index (χ3n) is 5.96. The molecule has 35 heavy (non-hydrogen) atoms. The first-order valence-electron chi connectivity index (χ1n) is 11.3. The lowest BCUT2D eigenvalue weighted by atomic mass is 9.94. The summed E-state index contributed by atoms with van der Waals surface area (Å²) in [6.07, 6.45) is 2.61. The van der Waals surface area contributed by atoms with Crippen molar-refractivity contribution in [2.75, 3.05) is 12.4 Å². The number of Topliss-reactive ketones (excluding diaryl/α,β-unsaturated/α-hetero) is 1. The van der Waals surface area contributed by atoms with E-state index in [9.17, 15) is 4.79 Å². The fourth-order valence-corrected chi connectivity index (χ4v) is 5.07. The van der Waals surface area contributed by atoms with E-state index in [2.05, 4.69) is 34.6 Å². The molecule has 1 fully saturated rings. The molecule has 0 unspecified atom stereocenters. The lowest BCUT2D eigenvalue weighted by molar-refractivity contribution is 0.0922. The molecule has 1 aliphatic carbocycles. The van der Waals surface area contributed by atoms with Gasteiger partial charge in [0.25, 0.3) is 0 Å². The number of nitrogens with zero attached hydrogens (tertiary/aromatic N) is 1. The molecular formula is C27H26N2O5S. The highest BCUT2D eigenvalue weighted by atomic mass is 32.1. The lowest BCUT2D eigenvalue weighted by Gasteiger charge is -2.09. The first kappa shape index (κ1) is 24.2. The van der Waals surface area contributed by atoms with Gasteiger partial charge >= 0.3 is 6.16 Å². The number of hydrogen-bond acceptors (Lipinski definition) is 6. The van der Waals surface area contributed by atoms with E-state index in [1.807, 2.05) is 42.5 Å². The summed E-state index contributed by atoms with van der Waals surface area (Å²) in [6, 6.07) is 22.2. The van der Waals surface area contributed by atoms with Crippen LogP contribution < -0.4 is 10.1 Å². The number of anilines is 2. The molecule has 1 aromatic heterocycles. The molecule has 4 aromatic rings. The number of hydrogen-bond donors (Lipinski definition) is 3. The maximum atomic E-state index is 12.6. The van der Waals surface area contributed by atoms with Crippen LogP contribution in [0.1, 0.15) is 36.0 Å². The van der Waals surface area contributed by atoms with E-state index in [-0.39, 0.29) is 5.92 Å². The molecule has 0 amide bonds. The molecule has 0 saturated heterocycles. The fraction of sp³-hybridized carbons (Fsp3) is 0.222. The molecule has 0 spiro atoms. The average molecular weight is 491 g/mol. The lowest BCUT2D eigenvalue weighted by Crippen LogP contribution is -2.10. The Kier molecular flexibility index (Phi) is 7.62. The molecule has 0 aliphatic heterocycles. The summed E-state index contributed by atoms with van der Waals surface area (Å²) < 4.78 is 6.39. The Balaban J connectivity index is 0.000000672. The van der Waals surface area contributed by atoms with Gasteiger partial charge in [-0.05, 0) is 48.2 Å². The summed E-state index contributed by atoms with van der Waals surface area (Å²) >= 11 is 1.62. The number of carboxylic acid groups (broad SMARTS) is 2. The fourth-order valence-electron chi connectivity index (χ4n) is 4.21. The van der Waals surface area contributed by atoms with Crippen molar-refractivity contribution in [3.8, 4) is 16.9 Å². The van der Waals surface area contributed by atoms with Gasteiger partial charge in [0.05, 0.1) is 17.3 Å². The minimum Gasteiger partial charge on any atom is -0.497 e. The van der Waals surface area contributed by atoms with Crippen molar-refractivity contribution in [2.24, 2.45) is 5.92 Å². The molecule has 7 nitrogen and oxygen atoms in total.